The Balaban J connectivity index is 1.53. The summed E-state index contributed by atoms with van der Waals surface area (Å²) in [5.74, 6) is 2.23. The molecule has 0 atom stereocenters. The second-order valence-corrected chi connectivity index (χ2v) is 9.08. The number of para-hydroxylation sites is 1. The molecule has 0 unspecified atom stereocenters. The van der Waals surface area contributed by atoms with Gasteiger partial charge in [0.05, 0.1) is 12.9 Å². The largest absolute Gasteiger partial charge is 0.497 e. The van der Waals surface area contributed by atoms with Crippen LogP contribution < -0.4 is 14.8 Å². The predicted octanol–water partition coefficient (Wildman–Crippen LogP) is 5.51. The number of benzene rings is 3. The zero-order valence-corrected chi connectivity index (χ0v) is 21.1. The molecule has 0 saturated carbocycles. The number of nitrogens with one attached hydrogen (secondary N) is 1. The van der Waals surface area contributed by atoms with Gasteiger partial charge in [-0.1, -0.05) is 47.7 Å². The van der Waals surface area contributed by atoms with Crippen LogP contribution in [0.4, 0.5) is 5.69 Å². The summed E-state index contributed by atoms with van der Waals surface area (Å²) in [5, 5.41) is 12.4. The number of nitrogens with zero attached hydrogens (tertiary/aromatic N) is 3. The molecule has 1 amide bonds. The summed E-state index contributed by atoms with van der Waals surface area (Å²) >= 11 is 1.33. The number of anilines is 1. The van der Waals surface area contributed by atoms with E-state index in [1.54, 1.807) is 7.11 Å². The van der Waals surface area contributed by atoms with Crippen molar-refractivity contribution in [1.29, 1.82) is 0 Å². The highest BCUT2D eigenvalue weighted by Gasteiger charge is 2.17. The van der Waals surface area contributed by atoms with Crippen LogP contribution >= 0.6 is 11.8 Å². The molecular formula is C27H28N4O3S. The van der Waals surface area contributed by atoms with Crippen LogP contribution in [0.2, 0.25) is 0 Å². The lowest BCUT2D eigenvalue weighted by Gasteiger charge is -2.13. The molecule has 1 aromatic heterocycles. The van der Waals surface area contributed by atoms with Gasteiger partial charge >= 0.3 is 0 Å². The number of hydrogen-bond acceptors (Lipinski definition) is 6. The Morgan fingerprint density at radius 2 is 1.57 bits per heavy atom. The normalized spacial score (nSPS) is 10.7. The Hall–Kier alpha value is -3.78. The summed E-state index contributed by atoms with van der Waals surface area (Å²) < 4.78 is 13.2. The van der Waals surface area contributed by atoms with Gasteiger partial charge in [0.1, 0.15) is 18.1 Å². The van der Waals surface area contributed by atoms with Gasteiger partial charge in [0.2, 0.25) is 5.91 Å². The van der Waals surface area contributed by atoms with E-state index >= 15 is 0 Å². The zero-order valence-electron chi connectivity index (χ0n) is 20.2. The summed E-state index contributed by atoms with van der Waals surface area (Å²) in [4.78, 5) is 12.7. The first kappa shape index (κ1) is 24.3. The lowest BCUT2D eigenvalue weighted by Crippen LogP contribution is -2.16. The molecule has 180 valence electrons. The highest BCUT2D eigenvalue weighted by atomic mass is 32.2. The predicted molar refractivity (Wildman–Crippen MR) is 139 cm³/mol. The molecule has 3 aromatic carbocycles. The number of thioether (sulfide) groups is 1. The van der Waals surface area contributed by atoms with Crippen molar-refractivity contribution in [3.05, 3.63) is 89.2 Å². The van der Waals surface area contributed by atoms with Gasteiger partial charge in [-0.05, 0) is 68.3 Å². The summed E-state index contributed by atoms with van der Waals surface area (Å²) in [5.41, 5.74) is 4.93. The molecule has 0 aliphatic heterocycles. The van der Waals surface area contributed by atoms with E-state index in [0.29, 0.717) is 11.0 Å². The minimum atomic E-state index is -0.103. The maximum atomic E-state index is 12.7. The monoisotopic (exact) mass is 488 g/mol. The Labute approximate surface area is 209 Å². The van der Waals surface area contributed by atoms with Crippen molar-refractivity contribution in [3.8, 4) is 17.2 Å². The maximum Gasteiger partial charge on any atom is 0.234 e. The highest BCUT2D eigenvalue weighted by Crippen LogP contribution is 2.26. The zero-order chi connectivity index (χ0) is 24.8. The van der Waals surface area contributed by atoms with Gasteiger partial charge in [-0.3, -0.25) is 9.36 Å². The van der Waals surface area contributed by atoms with Gasteiger partial charge in [0.25, 0.3) is 0 Å². The molecule has 0 fully saturated rings. The minimum Gasteiger partial charge on any atom is -0.497 e. The van der Waals surface area contributed by atoms with Crippen molar-refractivity contribution in [2.24, 2.45) is 0 Å². The number of aryl methyl sites for hydroxylation is 3. The first-order chi connectivity index (χ1) is 16.9. The molecule has 1 heterocycles. The van der Waals surface area contributed by atoms with E-state index in [1.165, 1.54) is 11.8 Å². The van der Waals surface area contributed by atoms with E-state index in [-0.39, 0.29) is 18.3 Å². The second kappa shape index (κ2) is 11.1. The van der Waals surface area contributed by atoms with Gasteiger partial charge < -0.3 is 14.8 Å². The second-order valence-electron chi connectivity index (χ2n) is 8.14. The van der Waals surface area contributed by atoms with Crippen LogP contribution in [-0.2, 0) is 11.4 Å². The molecule has 0 bridgehead atoms. The van der Waals surface area contributed by atoms with Crippen LogP contribution in [0.25, 0.3) is 5.69 Å². The molecule has 0 saturated heterocycles. The molecule has 8 heteroatoms. The molecule has 1 N–H and O–H groups in total. The quantitative estimate of drug-likeness (QED) is 0.313. The molecule has 0 aliphatic carbocycles. The van der Waals surface area contributed by atoms with E-state index in [0.717, 1.165) is 39.6 Å². The van der Waals surface area contributed by atoms with Crippen molar-refractivity contribution in [1.82, 2.24) is 14.8 Å². The number of ether oxygens (including phenoxy) is 2. The number of hydrogen-bond donors (Lipinski definition) is 1. The Kier molecular flexibility index (Phi) is 7.72. The number of carbonyl (C=O) groups excluding carboxylic acids is 1. The SMILES string of the molecule is COc1ccc(-n2c(COc3ccc(C)cc3)nnc2SCC(=O)Nc2c(C)cccc2C)cc1. The summed E-state index contributed by atoms with van der Waals surface area (Å²) in [6.07, 6.45) is 0. The standard InChI is InChI=1S/C27H28N4O3S/c1-18-8-12-23(13-9-18)34-16-24-29-30-27(31(24)21-10-14-22(33-4)15-11-21)35-17-25(32)28-26-19(2)6-5-7-20(26)3/h5-15H,16-17H2,1-4H3,(H,28,32). The highest BCUT2D eigenvalue weighted by molar-refractivity contribution is 7.99. The molecule has 7 nitrogen and oxygen atoms in total. The van der Waals surface area contributed by atoms with Crippen molar-refractivity contribution >= 4 is 23.4 Å². The van der Waals surface area contributed by atoms with Crippen LogP contribution in [0, 0.1) is 20.8 Å². The van der Waals surface area contributed by atoms with Crippen LogP contribution in [0.3, 0.4) is 0 Å². The third kappa shape index (κ3) is 6.02. The van der Waals surface area contributed by atoms with Gasteiger partial charge in [-0.2, -0.15) is 0 Å². The van der Waals surface area contributed by atoms with Crippen LogP contribution in [0.15, 0.2) is 71.9 Å². The Morgan fingerprint density at radius 1 is 0.914 bits per heavy atom. The fourth-order valence-electron chi connectivity index (χ4n) is 3.58. The fraction of sp³-hybridized carbons (Fsp3) is 0.222. The van der Waals surface area contributed by atoms with Crippen molar-refractivity contribution in [2.45, 2.75) is 32.5 Å². The van der Waals surface area contributed by atoms with E-state index < -0.39 is 0 Å². The topological polar surface area (TPSA) is 78.3 Å². The third-order valence-corrected chi connectivity index (χ3v) is 6.43. The first-order valence-electron chi connectivity index (χ1n) is 11.2. The van der Waals surface area contributed by atoms with E-state index in [4.69, 9.17) is 9.47 Å². The summed E-state index contributed by atoms with van der Waals surface area (Å²) in [7, 11) is 1.63. The summed E-state index contributed by atoms with van der Waals surface area (Å²) in [6.45, 7) is 6.23. The molecule has 35 heavy (non-hydrogen) atoms. The van der Waals surface area contributed by atoms with Gasteiger partial charge in [-0.25, -0.2) is 0 Å². The number of amides is 1. The summed E-state index contributed by atoms with van der Waals surface area (Å²) in [6, 6.07) is 21.4. The Morgan fingerprint density at radius 3 is 2.23 bits per heavy atom. The molecular weight excluding hydrogens is 460 g/mol. The maximum absolute atomic E-state index is 12.7. The molecule has 4 rings (SSSR count). The Bertz CT molecular complexity index is 1280. The lowest BCUT2D eigenvalue weighted by molar-refractivity contribution is -0.113. The molecule has 0 spiro atoms. The van der Waals surface area contributed by atoms with Crippen LogP contribution in [0.1, 0.15) is 22.5 Å². The molecule has 0 aliphatic rings. The van der Waals surface area contributed by atoms with Gasteiger partial charge in [-0.15, -0.1) is 10.2 Å². The van der Waals surface area contributed by atoms with Crippen LogP contribution in [-0.4, -0.2) is 33.5 Å². The van der Waals surface area contributed by atoms with Crippen LogP contribution in [0.5, 0.6) is 11.5 Å². The number of carbonyl (C=O) groups is 1. The lowest BCUT2D eigenvalue weighted by atomic mass is 10.1. The van der Waals surface area contributed by atoms with Gasteiger partial charge in [0.15, 0.2) is 11.0 Å². The average Bonchev–Trinajstić information content (AvgIpc) is 3.27. The molecule has 0 radical (unpaired) electrons. The number of methoxy groups -OCH3 is 1. The molecule has 4 aromatic rings. The first-order valence-corrected chi connectivity index (χ1v) is 12.2. The smallest absolute Gasteiger partial charge is 0.234 e. The van der Waals surface area contributed by atoms with Crippen molar-refractivity contribution in [3.63, 3.8) is 0 Å². The van der Waals surface area contributed by atoms with E-state index in [2.05, 4.69) is 15.5 Å². The number of rotatable bonds is 9. The van der Waals surface area contributed by atoms with Gasteiger partial charge in [0, 0.05) is 11.4 Å². The third-order valence-electron chi connectivity index (χ3n) is 5.50. The van der Waals surface area contributed by atoms with Crippen molar-refractivity contribution < 1.29 is 14.3 Å². The number of aromatic nitrogens is 3. The van der Waals surface area contributed by atoms with E-state index in [9.17, 15) is 4.79 Å². The minimum absolute atomic E-state index is 0.103. The average molecular weight is 489 g/mol. The van der Waals surface area contributed by atoms with E-state index in [1.807, 2.05) is 92.1 Å². The van der Waals surface area contributed by atoms with Crippen molar-refractivity contribution in [2.75, 3.05) is 18.2 Å². The fourth-order valence-corrected chi connectivity index (χ4v) is 4.35.